The molecule has 2 aliphatic heterocycles. The van der Waals surface area contributed by atoms with E-state index >= 15 is 0 Å². The second kappa shape index (κ2) is 7.87. The van der Waals surface area contributed by atoms with Crippen molar-refractivity contribution in [2.24, 2.45) is 0 Å². The highest BCUT2D eigenvalue weighted by molar-refractivity contribution is 6.08. The number of nitrogens with one attached hydrogen (secondary N) is 1. The molecule has 1 saturated heterocycles. The molecule has 0 spiro atoms. The van der Waals surface area contributed by atoms with Gasteiger partial charge in [0, 0.05) is 5.56 Å². The smallest absolute Gasteiger partial charge is 0.326 e. The second-order valence-electron chi connectivity index (χ2n) is 6.91. The molecule has 1 fully saturated rings. The number of unbranched alkanes of at least 4 members (excludes halogenated alkanes) is 1. The first-order valence-corrected chi connectivity index (χ1v) is 9.06. The van der Waals surface area contributed by atoms with Crippen molar-refractivity contribution in [2.75, 3.05) is 19.9 Å². The maximum atomic E-state index is 12.5. The van der Waals surface area contributed by atoms with Gasteiger partial charge in [0.25, 0.3) is 5.91 Å². The van der Waals surface area contributed by atoms with Crippen molar-refractivity contribution in [1.29, 1.82) is 0 Å². The highest BCUT2D eigenvalue weighted by Gasteiger charge is 2.47. The zero-order valence-electron chi connectivity index (χ0n) is 15.8. The molecule has 1 atom stereocenters. The number of urea groups is 1. The minimum absolute atomic E-state index is 0.0884. The van der Waals surface area contributed by atoms with Crippen LogP contribution < -0.4 is 14.8 Å². The van der Waals surface area contributed by atoms with Crippen molar-refractivity contribution in [3.8, 4) is 11.5 Å². The van der Waals surface area contributed by atoms with Crippen LogP contribution in [0.4, 0.5) is 4.79 Å². The molecular weight excluding hydrogens is 368 g/mol. The first kappa shape index (κ1) is 19.7. The maximum Gasteiger partial charge on any atom is 0.326 e. The van der Waals surface area contributed by atoms with Crippen LogP contribution in [-0.2, 0) is 14.3 Å². The van der Waals surface area contributed by atoms with Crippen molar-refractivity contribution in [1.82, 2.24) is 10.2 Å². The average molecular weight is 390 g/mol. The summed E-state index contributed by atoms with van der Waals surface area (Å²) in [7, 11) is 0. The largest absolute Gasteiger partial charge is 0.456 e. The summed E-state index contributed by atoms with van der Waals surface area (Å²) in [6.07, 6.45) is 2.13. The molecule has 9 nitrogen and oxygen atoms in total. The Hall–Kier alpha value is -3.10. The molecule has 0 aliphatic carbocycles. The predicted molar refractivity (Wildman–Crippen MR) is 96.0 cm³/mol. The number of esters is 1. The highest BCUT2D eigenvalue weighted by atomic mass is 16.7. The van der Waals surface area contributed by atoms with E-state index in [-0.39, 0.29) is 6.79 Å². The van der Waals surface area contributed by atoms with Crippen LogP contribution >= 0.6 is 0 Å². The first-order chi connectivity index (χ1) is 13.3. The number of ketones is 1. The average Bonchev–Trinajstić information content (AvgIpc) is 3.22. The summed E-state index contributed by atoms with van der Waals surface area (Å²) in [5.74, 6) is -0.750. The first-order valence-electron chi connectivity index (χ1n) is 9.06. The standard InChI is InChI=1S/C19H22N2O7/c1-3-4-7-19(2)17(24)21(18(25)20-19)9-16(23)26-10-13(22)12-5-6-14-15(8-12)28-11-27-14/h5-6,8H,3-4,7,9-11H2,1-2H3,(H,20,25)/t19-/m1/s1. The lowest BCUT2D eigenvalue weighted by Crippen LogP contribution is -2.44. The number of nitrogens with zero attached hydrogens (tertiary/aromatic N) is 1. The Morgan fingerprint density at radius 3 is 2.75 bits per heavy atom. The van der Waals surface area contributed by atoms with Crippen LogP contribution in [0.5, 0.6) is 11.5 Å². The fourth-order valence-electron chi connectivity index (χ4n) is 3.06. The van der Waals surface area contributed by atoms with E-state index in [0.717, 1.165) is 17.7 Å². The van der Waals surface area contributed by atoms with E-state index in [9.17, 15) is 19.2 Å². The lowest BCUT2D eigenvalue weighted by atomic mass is 9.95. The molecule has 0 radical (unpaired) electrons. The van der Waals surface area contributed by atoms with Crippen LogP contribution in [0, 0.1) is 0 Å². The van der Waals surface area contributed by atoms with Gasteiger partial charge in [0.2, 0.25) is 6.79 Å². The molecule has 1 N–H and O–H groups in total. The second-order valence-corrected chi connectivity index (χ2v) is 6.91. The van der Waals surface area contributed by atoms with Crippen LogP contribution in [-0.4, -0.2) is 54.1 Å². The lowest BCUT2D eigenvalue weighted by Gasteiger charge is -2.21. The molecule has 3 amide bonds. The number of ether oxygens (including phenoxy) is 3. The third kappa shape index (κ3) is 3.92. The Labute approximate surface area is 161 Å². The molecule has 3 rings (SSSR count). The Balaban J connectivity index is 1.53. The van der Waals surface area contributed by atoms with Gasteiger partial charge in [-0.2, -0.15) is 0 Å². The highest BCUT2D eigenvalue weighted by Crippen LogP contribution is 2.32. The summed E-state index contributed by atoms with van der Waals surface area (Å²) < 4.78 is 15.3. The normalized spacial score (nSPS) is 20.3. The van der Waals surface area contributed by atoms with Crippen LogP contribution in [0.1, 0.15) is 43.5 Å². The molecule has 0 saturated carbocycles. The fourth-order valence-corrected chi connectivity index (χ4v) is 3.06. The lowest BCUT2D eigenvalue weighted by molar-refractivity contribution is -0.146. The van der Waals surface area contributed by atoms with E-state index < -0.39 is 42.4 Å². The number of hydrogen-bond donors (Lipinski definition) is 1. The molecule has 2 heterocycles. The Morgan fingerprint density at radius 2 is 2.00 bits per heavy atom. The zero-order chi connectivity index (χ0) is 20.3. The maximum absolute atomic E-state index is 12.5. The number of benzene rings is 1. The van der Waals surface area contributed by atoms with Crippen molar-refractivity contribution in [3.05, 3.63) is 23.8 Å². The summed E-state index contributed by atoms with van der Waals surface area (Å²) in [5, 5.41) is 2.62. The summed E-state index contributed by atoms with van der Waals surface area (Å²) in [6, 6.07) is 4.01. The summed E-state index contributed by atoms with van der Waals surface area (Å²) in [4.78, 5) is 49.6. The van der Waals surface area contributed by atoms with Crippen molar-refractivity contribution < 1.29 is 33.4 Å². The van der Waals surface area contributed by atoms with Gasteiger partial charge >= 0.3 is 12.0 Å². The molecule has 0 aromatic heterocycles. The van der Waals surface area contributed by atoms with Crippen molar-refractivity contribution in [2.45, 2.75) is 38.6 Å². The van der Waals surface area contributed by atoms with Gasteiger partial charge in [-0.1, -0.05) is 19.8 Å². The van der Waals surface area contributed by atoms with Gasteiger partial charge in [0.1, 0.15) is 12.1 Å². The fraction of sp³-hybridized carbons (Fsp3) is 0.474. The third-order valence-corrected chi connectivity index (χ3v) is 4.72. The van der Waals surface area contributed by atoms with Crippen LogP contribution in [0.2, 0.25) is 0 Å². The van der Waals surface area contributed by atoms with E-state index in [4.69, 9.17) is 14.2 Å². The predicted octanol–water partition coefficient (Wildman–Crippen LogP) is 1.64. The monoisotopic (exact) mass is 390 g/mol. The number of fused-ring (bicyclic) bond motifs is 1. The van der Waals surface area contributed by atoms with Gasteiger partial charge in [-0.3, -0.25) is 19.3 Å². The van der Waals surface area contributed by atoms with E-state index in [1.165, 1.54) is 6.07 Å². The molecule has 150 valence electrons. The summed E-state index contributed by atoms with van der Waals surface area (Å²) >= 11 is 0. The molecule has 9 heteroatoms. The minimum atomic E-state index is -1.02. The quantitative estimate of drug-likeness (QED) is 0.408. The topological polar surface area (TPSA) is 111 Å². The van der Waals surface area contributed by atoms with Crippen LogP contribution in [0.3, 0.4) is 0 Å². The van der Waals surface area contributed by atoms with Gasteiger partial charge < -0.3 is 19.5 Å². The van der Waals surface area contributed by atoms with Gasteiger partial charge in [0.15, 0.2) is 23.9 Å². The number of imide groups is 1. The number of Topliss-reactive ketones (excluding diaryl/α,β-unsaturated/α-hetero) is 1. The Kier molecular flexibility index (Phi) is 5.53. The number of hydrogen-bond acceptors (Lipinski definition) is 7. The van der Waals surface area contributed by atoms with Crippen LogP contribution in [0.25, 0.3) is 0 Å². The van der Waals surface area contributed by atoms with Gasteiger partial charge in [-0.05, 0) is 31.5 Å². The summed E-state index contributed by atoms with van der Waals surface area (Å²) in [5.41, 5.74) is -0.713. The zero-order valence-corrected chi connectivity index (χ0v) is 15.8. The van der Waals surface area contributed by atoms with Crippen molar-refractivity contribution >= 4 is 23.7 Å². The Morgan fingerprint density at radius 1 is 1.25 bits per heavy atom. The van der Waals surface area contributed by atoms with E-state index in [1.54, 1.807) is 19.1 Å². The van der Waals surface area contributed by atoms with Crippen molar-refractivity contribution in [3.63, 3.8) is 0 Å². The number of carbonyl (C=O) groups excluding carboxylic acids is 4. The third-order valence-electron chi connectivity index (χ3n) is 4.72. The molecular formula is C19H22N2O7. The molecule has 0 unspecified atom stereocenters. The number of rotatable bonds is 8. The molecule has 1 aromatic carbocycles. The number of amides is 3. The van der Waals surface area contributed by atoms with Gasteiger partial charge in [-0.15, -0.1) is 0 Å². The van der Waals surface area contributed by atoms with Crippen LogP contribution in [0.15, 0.2) is 18.2 Å². The van der Waals surface area contributed by atoms with Gasteiger partial charge in [0.05, 0.1) is 0 Å². The SMILES string of the molecule is CCCC[C@@]1(C)NC(=O)N(CC(=O)OCC(=O)c2ccc3c(c2)OCO3)C1=O. The molecule has 1 aromatic rings. The van der Waals surface area contributed by atoms with E-state index in [1.807, 2.05) is 6.92 Å². The van der Waals surface area contributed by atoms with Gasteiger partial charge in [-0.25, -0.2) is 4.79 Å². The summed E-state index contributed by atoms with van der Waals surface area (Å²) in [6.45, 7) is 2.66. The molecule has 2 aliphatic rings. The molecule has 28 heavy (non-hydrogen) atoms. The van der Waals surface area contributed by atoms with E-state index in [2.05, 4.69) is 5.32 Å². The minimum Gasteiger partial charge on any atom is -0.456 e. The number of carbonyl (C=O) groups is 4. The molecule has 0 bridgehead atoms. The Bertz CT molecular complexity index is 823. The van der Waals surface area contributed by atoms with E-state index in [0.29, 0.717) is 23.5 Å².